The molecule has 2 aliphatic rings. The Kier molecular flexibility index (Phi) is 7.01. The van der Waals surface area contributed by atoms with Gasteiger partial charge in [0.05, 0.1) is 13.0 Å². The summed E-state index contributed by atoms with van der Waals surface area (Å²) in [7, 11) is 3.48. The first-order chi connectivity index (χ1) is 14.8. The highest BCUT2D eigenvalue weighted by Crippen LogP contribution is 2.40. The zero-order valence-electron chi connectivity index (χ0n) is 19.2. The monoisotopic (exact) mass is 423 g/mol. The number of rotatable bonds is 4. The van der Waals surface area contributed by atoms with Crippen molar-refractivity contribution in [2.75, 3.05) is 33.8 Å². The number of fused-ring (bicyclic) bond motifs is 2. The van der Waals surface area contributed by atoms with E-state index in [1.165, 1.54) is 34.7 Å². The van der Waals surface area contributed by atoms with Gasteiger partial charge < -0.3 is 14.6 Å². The summed E-state index contributed by atoms with van der Waals surface area (Å²) in [6.45, 7) is 11.4. The van der Waals surface area contributed by atoms with Crippen LogP contribution >= 0.6 is 0 Å². The number of carbonyl (C=O) groups is 2. The Hall–Kier alpha value is -2.86. The molecule has 0 radical (unpaired) electrons. The minimum absolute atomic E-state index is 0.0445. The topological polar surface area (TPSA) is 65.6 Å². The lowest BCUT2D eigenvalue weighted by molar-refractivity contribution is -0.136. The van der Waals surface area contributed by atoms with Crippen molar-refractivity contribution in [2.45, 2.75) is 33.2 Å². The summed E-state index contributed by atoms with van der Waals surface area (Å²) in [4.78, 5) is 30.8. The molecule has 0 unspecified atom stereocenters. The lowest BCUT2D eigenvalue weighted by Gasteiger charge is -2.40. The molecule has 1 aliphatic heterocycles. The summed E-state index contributed by atoms with van der Waals surface area (Å²) in [5.41, 5.74) is 5.64. The Balaban J connectivity index is 0.000000339. The van der Waals surface area contributed by atoms with Crippen LogP contribution in [0.3, 0.4) is 0 Å². The Morgan fingerprint density at radius 3 is 2.58 bits per heavy atom. The molecular weight excluding hydrogens is 390 g/mol. The Morgan fingerprint density at radius 2 is 2.00 bits per heavy atom. The number of H-pyrrole nitrogens is 1. The molecule has 1 N–H and O–H groups in total. The second-order valence-electron chi connectivity index (χ2n) is 8.21. The van der Waals surface area contributed by atoms with E-state index in [2.05, 4.69) is 72.6 Å². The van der Waals surface area contributed by atoms with Crippen molar-refractivity contribution in [3.8, 4) is 0 Å². The maximum Gasteiger partial charge on any atom is 0.332 e. The second-order valence-corrected chi connectivity index (χ2v) is 8.21. The van der Waals surface area contributed by atoms with Crippen molar-refractivity contribution in [1.29, 1.82) is 0 Å². The van der Waals surface area contributed by atoms with Crippen LogP contribution in [0.2, 0.25) is 0 Å². The number of ether oxygens (including phenoxy) is 1. The highest BCUT2D eigenvalue weighted by atomic mass is 16.5. The molecule has 1 aromatic carbocycles. The smallest absolute Gasteiger partial charge is 0.332 e. The fraction of sp³-hybridized carbons (Fsp3) is 0.440. The SMILES string of the molecule is C=C(C)C(=O)OC.CCN(CC)C(=O)[C@@H]1C=C2c3cccc4[nH]cc(c34)C[C@H]2N(C)C1. The highest BCUT2D eigenvalue weighted by molar-refractivity contribution is 5.99. The van der Waals surface area contributed by atoms with Crippen molar-refractivity contribution in [3.63, 3.8) is 0 Å². The van der Waals surface area contributed by atoms with E-state index in [-0.39, 0.29) is 17.8 Å². The van der Waals surface area contributed by atoms with E-state index >= 15 is 0 Å². The standard InChI is InChI=1S/C20H25N3O.C5H8O2/c1-4-23(5-2)20(24)14-9-16-15-7-6-8-17-19(15)13(11-21-17)10-18(16)22(3)12-14;1-4(2)5(6)7-3/h6-9,11,14,18,21H,4-5,10,12H2,1-3H3;1H2,2-3H3/t14-,18-;/m1./s1. The lowest BCUT2D eigenvalue weighted by atomic mass is 9.79. The minimum atomic E-state index is -0.347. The van der Waals surface area contributed by atoms with Gasteiger partial charge in [-0.05, 0) is 57.0 Å². The molecule has 0 bridgehead atoms. The summed E-state index contributed by atoms with van der Waals surface area (Å²) >= 11 is 0. The molecule has 1 aliphatic carbocycles. The van der Waals surface area contributed by atoms with E-state index < -0.39 is 0 Å². The average Bonchev–Trinajstić information content (AvgIpc) is 3.19. The fourth-order valence-electron chi connectivity index (χ4n) is 4.55. The van der Waals surface area contributed by atoms with E-state index in [9.17, 15) is 9.59 Å². The van der Waals surface area contributed by atoms with Crippen LogP contribution in [0.1, 0.15) is 31.9 Å². The number of methoxy groups -OCH3 is 1. The van der Waals surface area contributed by atoms with Crippen LogP contribution in [0.25, 0.3) is 16.5 Å². The first-order valence-electron chi connectivity index (χ1n) is 10.9. The summed E-state index contributed by atoms with van der Waals surface area (Å²) in [5, 5.41) is 1.34. The van der Waals surface area contributed by atoms with Crippen LogP contribution in [-0.4, -0.2) is 66.5 Å². The van der Waals surface area contributed by atoms with Crippen molar-refractivity contribution < 1.29 is 14.3 Å². The molecule has 0 fully saturated rings. The molecule has 4 rings (SSSR count). The average molecular weight is 424 g/mol. The largest absolute Gasteiger partial charge is 0.466 e. The maximum atomic E-state index is 12.9. The van der Waals surface area contributed by atoms with Gasteiger partial charge in [-0.15, -0.1) is 0 Å². The van der Waals surface area contributed by atoms with Gasteiger partial charge in [-0.2, -0.15) is 0 Å². The van der Waals surface area contributed by atoms with Crippen molar-refractivity contribution in [1.82, 2.24) is 14.8 Å². The molecule has 2 aromatic rings. The molecule has 1 aromatic heterocycles. The number of aromatic nitrogens is 1. The van der Waals surface area contributed by atoms with Gasteiger partial charge in [0.2, 0.25) is 5.91 Å². The number of amides is 1. The third-order valence-electron chi connectivity index (χ3n) is 6.19. The Labute approximate surface area is 184 Å². The van der Waals surface area contributed by atoms with Gasteiger partial charge in [0.25, 0.3) is 0 Å². The van der Waals surface area contributed by atoms with Crippen LogP contribution < -0.4 is 0 Å². The molecule has 0 spiro atoms. The van der Waals surface area contributed by atoms with Gasteiger partial charge in [-0.25, -0.2) is 4.79 Å². The lowest BCUT2D eigenvalue weighted by Crippen LogP contribution is -2.47. The van der Waals surface area contributed by atoms with Crippen LogP contribution in [0, 0.1) is 5.92 Å². The zero-order chi connectivity index (χ0) is 22.7. The van der Waals surface area contributed by atoms with Gasteiger partial charge in [-0.3, -0.25) is 9.69 Å². The highest BCUT2D eigenvalue weighted by Gasteiger charge is 2.36. The second kappa shape index (κ2) is 9.52. The molecule has 2 atom stereocenters. The third-order valence-corrected chi connectivity index (χ3v) is 6.19. The van der Waals surface area contributed by atoms with Crippen molar-refractivity contribution >= 4 is 28.4 Å². The van der Waals surface area contributed by atoms with Gasteiger partial charge >= 0.3 is 5.97 Å². The zero-order valence-corrected chi connectivity index (χ0v) is 19.2. The van der Waals surface area contributed by atoms with E-state index in [1.54, 1.807) is 6.92 Å². The molecule has 6 heteroatoms. The quantitative estimate of drug-likeness (QED) is 0.602. The van der Waals surface area contributed by atoms with Gasteiger partial charge in [0.15, 0.2) is 0 Å². The predicted octanol–water partition coefficient (Wildman–Crippen LogP) is 3.64. The number of benzene rings is 1. The number of nitrogens with zero attached hydrogens (tertiary/aromatic N) is 2. The third kappa shape index (κ3) is 4.44. The summed E-state index contributed by atoms with van der Waals surface area (Å²) in [5.74, 6) is -0.137. The van der Waals surface area contributed by atoms with E-state index in [1.807, 2.05) is 4.90 Å². The molecule has 0 saturated carbocycles. The summed E-state index contributed by atoms with van der Waals surface area (Å²) < 4.78 is 4.27. The van der Waals surface area contributed by atoms with Crippen molar-refractivity contribution in [3.05, 3.63) is 53.8 Å². The maximum absolute atomic E-state index is 12.9. The number of likely N-dealkylation sites (N-methyl/N-ethyl adjacent to an activating group) is 1. The molecule has 2 heterocycles. The molecular formula is C25H33N3O3. The summed E-state index contributed by atoms with van der Waals surface area (Å²) in [6.07, 6.45) is 5.41. The number of hydrogen-bond donors (Lipinski definition) is 1. The predicted molar refractivity (Wildman–Crippen MR) is 125 cm³/mol. The van der Waals surface area contributed by atoms with Crippen LogP contribution in [0.4, 0.5) is 0 Å². The van der Waals surface area contributed by atoms with Gasteiger partial charge in [-0.1, -0.05) is 24.8 Å². The van der Waals surface area contributed by atoms with Crippen LogP contribution in [-0.2, 0) is 20.7 Å². The van der Waals surface area contributed by atoms with E-state index in [4.69, 9.17) is 0 Å². The number of esters is 1. The van der Waals surface area contributed by atoms with Gasteiger partial charge in [0.1, 0.15) is 0 Å². The molecule has 31 heavy (non-hydrogen) atoms. The molecule has 0 saturated heterocycles. The molecule has 1 amide bonds. The molecule has 6 nitrogen and oxygen atoms in total. The van der Waals surface area contributed by atoms with Crippen molar-refractivity contribution in [2.24, 2.45) is 5.92 Å². The summed E-state index contributed by atoms with van der Waals surface area (Å²) in [6, 6.07) is 6.82. The van der Waals surface area contributed by atoms with Crippen LogP contribution in [0.5, 0.6) is 0 Å². The van der Waals surface area contributed by atoms with E-state index in [0.717, 1.165) is 26.1 Å². The minimum Gasteiger partial charge on any atom is -0.466 e. The molecule has 166 valence electrons. The number of hydrogen-bond acceptors (Lipinski definition) is 4. The van der Waals surface area contributed by atoms with Gasteiger partial charge in [0, 0.05) is 48.3 Å². The van der Waals surface area contributed by atoms with Crippen LogP contribution in [0.15, 0.2) is 42.6 Å². The Bertz CT molecular complexity index is 1020. The fourth-order valence-corrected chi connectivity index (χ4v) is 4.55. The number of aromatic amines is 1. The number of carbonyl (C=O) groups excluding carboxylic acids is 2. The van der Waals surface area contributed by atoms with E-state index in [0.29, 0.717) is 11.6 Å². The normalized spacial score (nSPS) is 19.6. The number of nitrogens with one attached hydrogen (secondary N) is 1. The first-order valence-corrected chi connectivity index (χ1v) is 10.9. The first kappa shape index (κ1) is 22.8. The Morgan fingerprint density at radius 1 is 1.29 bits per heavy atom.